The fourth-order valence-corrected chi connectivity index (χ4v) is 7.24. The molecule has 4 rings (SSSR count). The Morgan fingerprint density at radius 2 is 1.88 bits per heavy atom. The summed E-state index contributed by atoms with van der Waals surface area (Å²) in [4.78, 5) is 23.7. The second kappa shape index (κ2) is 5.97. The highest BCUT2D eigenvalue weighted by Gasteiger charge is 2.62. The normalized spacial score (nSPS) is 49.8. The molecule has 0 spiro atoms. The van der Waals surface area contributed by atoms with Crippen molar-refractivity contribution in [2.24, 2.45) is 34.5 Å². The molecule has 5 nitrogen and oxygen atoms in total. The van der Waals surface area contributed by atoms with Gasteiger partial charge < -0.3 is 10.1 Å². The standard InChI is InChI=1S/C21H30N2O3/c1-12(24)26-18-7-5-15-14-4-6-17-21(3,10-13(11-22)19(25)23-17)16(14)8-9-20(15,18)2/h13-18H,4-10H2,1-3H3,(H,23,25)/t13?,14-,15?,16?,17?,18-,20-,21+/m0/s1. The third kappa shape index (κ3) is 2.41. The van der Waals surface area contributed by atoms with E-state index in [0.717, 1.165) is 38.5 Å². The maximum Gasteiger partial charge on any atom is 0.302 e. The Balaban J connectivity index is 1.60. The van der Waals surface area contributed by atoms with Crippen molar-refractivity contribution in [3.8, 4) is 6.07 Å². The number of nitrogens with zero attached hydrogens (tertiary/aromatic N) is 1. The van der Waals surface area contributed by atoms with Crippen LogP contribution in [0.2, 0.25) is 0 Å². The summed E-state index contributed by atoms with van der Waals surface area (Å²) in [5.41, 5.74) is 0.0979. The van der Waals surface area contributed by atoms with E-state index in [2.05, 4.69) is 25.2 Å². The van der Waals surface area contributed by atoms with Crippen LogP contribution < -0.4 is 5.32 Å². The summed E-state index contributed by atoms with van der Waals surface area (Å²) in [7, 11) is 0. The highest BCUT2D eigenvalue weighted by Crippen LogP contribution is 2.64. The molecular formula is C21H30N2O3. The lowest BCUT2D eigenvalue weighted by atomic mass is 9.47. The van der Waals surface area contributed by atoms with E-state index in [4.69, 9.17) is 4.74 Å². The lowest BCUT2D eigenvalue weighted by Crippen LogP contribution is -2.63. The van der Waals surface area contributed by atoms with Crippen LogP contribution in [-0.2, 0) is 14.3 Å². The van der Waals surface area contributed by atoms with Gasteiger partial charge >= 0.3 is 5.97 Å². The molecule has 0 bridgehead atoms. The molecule has 3 saturated carbocycles. The summed E-state index contributed by atoms with van der Waals surface area (Å²) >= 11 is 0. The number of fused-ring (bicyclic) bond motifs is 5. The average molecular weight is 358 g/mol. The van der Waals surface area contributed by atoms with E-state index >= 15 is 0 Å². The SMILES string of the molecule is CC(=O)O[C@H]1CCC2[C@@H]3CCC4NC(=O)C(C#N)C[C@]4(C)C3CC[C@@]21C. The molecule has 142 valence electrons. The molecule has 5 heteroatoms. The Morgan fingerprint density at radius 1 is 1.15 bits per heavy atom. The molecule has 1 amide bonds. The van der Waals surface area contributed by atoms with Crippen LogP contribution >= 0.6 is 0 Å². The van der Waals surface area contributed by atoms with Crippen molar-refractivity contribution < 1.29 is 14.3 Å². The van der Waals surface area contributed by atoms with Crippen molar-refractivity contribution in [2.45, 2.75) is 77.9 Å². The number of nitriles is 1. The number of nitrogens with one attached hydrogen (secondary N) is 1. The summed E-state index contributed by atoms with van der Waals surface area (Å²) in [6, 6.07) is 2.42. The van der Waals surface area contributed by atoms with Crippen molar-refractivity contribution in [1.82, 2.24) is 5.32 Å². The lowest BCUT2D eigenvalue weighted by molar-refractivity contribution is -0.161. The van der Waals surface area contributed by atoms with E-state index in [1.165, 1.54) is 6.92 Å². The van der Waals surface area contributed by atoms with E-state index in [0.29, 0.717) is 24.2 Å². The molecule has 26 heavy (non-hydrogen) atoms. The van der Waals surface area contributed by atoms with Crippen LogP contribution in [0.4, 0.5) is 0 Å². The zero-order valence-electron chi connectivity index (χ0n) is 16.1. The number of rotatable bonds is 1. The topological polar surface area (TPSA) is 79.2 Å². The quantitative estimate of drug-likeness (QED) is 0.730. The van der Waals surface area contributed by atoms with Gasteiger partial charge in [0.15, 0.2) is 0 Å². The highest BCUT2D eigenvalue weighted by molar-refractivity contribution is 5.82. The first-order valence-corrected chi connectivity index (χ1v) is 10.2. The molecule has 4 aliphatic rings. The van der Waals surface area contributed by atoms with Gasteiger partial charge in [-0.15, -0.1) is 0 Å². The fraction of sp³-hybridized carbons (Fsp3) is 0.857. The van der Waals surface area contributed by atoms with Crippen LogP contribution in [0.15, 0.2) is 0 Å². The maximum absolute atomic E-state index is 12.2. The molecule has 0 aromatic carbocycles. The third-order valence-corrected chi connectivity index (χ3v) is 8.52. The molecule has 0 radical (unpaired) electrons. The Morgan fingerprint density at radius 3 is 2.58 bits per heavy atom. The number of ether oxygens (including phenoxy) is 1. The molecule has 1 saturated heterocycles. The maximum atomic E-state index is 12.2. The minimum atomic E-state index is -0.513. The lowest BCUT2D eigenvalue weighted by Gasteiger charge is -2.60. The first-order valence-electron chi connectivity index (χ1n) is 10.2. The molecule has 1 heterocycles. The number of amides is 1. The second-order valence-corrected chi connectivity index (χ2v) is 9.63. The summed E-state index contributed by atoms with van der Waals surface area (Å²) in [5.74, 6) is 0.991. The Kier molecular flexibility index (Phi) is 4.09. The molecular weight excluding hydrogens is 328 g/mol. The predicted molar refractivity (Wildman–Crippen MR) is 95.6 cm³/mol. The predicted octanol–water partition coefficient (Wildman–Crippen LogP) is 3.19. The van der Waals surface area contributed by atoms with Gasteiger partial charge in [-0.3, -0.25) is 9.59 Å². The van der Waals surface area contributed by atoms with Crippen LogP contribution in [0.5, 0.6) is 0 Å². The zero-order chi connectivity index (χ0) is 18.7. The Hall–Kier alpha value is -1.57. The molecule has 4 unspecified atom stereocenters. The molecule has 3 aliphatic carbocycles. The van der Waals surface area contributed by atoms with E-state index < -0.39 is 5.92 Å². The van der Waals surface area contributed by atoms with E-state index in [1.807, 2.05) is 0 Å². The molecule has 4 fully saturated rings. The molecule has 0 aromatic rings. The van der Waals surface area contributed by atoms with Crippen molar-refractivity contribution in [1.29, 1.82) is 5.26 Å². The van der Waals surface area contributed by atoms with Gasteiger partial charge in [0.2, 0.25) is 5.91 Å². The smallest absolute Gasteiger partial charge is 0.302 e. The first-order chi connectivity index (χ1) is 12.3. The van der Waals surface area contributed by atoms with Crippen molar-refractivity contribution in [3.63, 3.8) is 0 Å². The van der Waals surface area contributed by atoms with Gasteiger partial charge in [-0.2, -0.15) is 5.26 Å². The van der Waals surface area contributed by atoms with Gasteiger partial charge in [-0.1, -0.05) is 13.8 Å². The average Bonchev–Trinajstić information content (AvgIpc) is 2.91. The van der Waals surface area contributed by atoms with E-state index in [1.54, 1.807) is 0 Å². The van der Waals surface area contributed by atoms with Gasteiger partial charge in [0.25, 0.3) is 0 Å². The van der Waals surface area contributed by atoms with E-state index in [-0.39, 0.29) is 34.9 Å². The van der Waals surface area contributed by atoms with Crippen molar-refractivity contribution in [2.75, 3.05) is 0 Å². The zero-order valence-corrected chi connectivity index (χ0v) is 16.1. The third-order valence-electron chi connectivity index (χ3n) is 8.52. The molecule has 1 N–H and O–H groups in total. The Labute approximate surface area is 155 Å². The van der Waals surface area contributed by atoms with Crippen LogP contribution in [0, 0.1) is 45.8 Å². The van der Waals surface area contributed by atoms with Gasteiger partial charge in [0.05, 0.1) is 6.07 Å². The second-order valence-electron chi connectivity index (χ2n) is 9.63. The minimum absolute atomic E-state index is 0.0120. The van der Waals surface area contributed by atoms with Crippen LogP contribution in [-0.4, -0.2) is 24.0 Å². The largest absolute Gasteiger partial charge is 0.462 e. The van der Waals surface area contributed by atoms with Gasteiger partial charge in [-0.05, 0) is 68.1 Å². The monoisotopic (exact) mass is 358 g/mol. The Bertz CT molecular complexity index is 671. The van der Waals surface area contributed by atoms with Gasteiger partial charge in [0.1, 0.15) is 12.0 Å². The van der Waals surface area contributed by atoms with Crippen LogP contribution in [0.1, 0.15) is 65.7 Å². The summed E-state index contributed by atoms with van der Waals surface area (Å²) in [5, 5.41) is 12.6. The number of esters is 1. The minimum Gasteiger partial charge on any atom is -0.462 e. The number of piperidine rings is 1. The van der Waals surface area contributed by atoms with Crippen molar-refractivity contribution in [3.05, 3.63) is 0 Å². The molecule has 0 aromatic heterocycles. The molecule has 1 aliphatic heterocycles. The van der Waals surface area contributed by atoms with Gasteiger partial charge in [0, 0.05) is 18.4 Å². The molecule has 8 atom stereocenters. The van der Waals surface area contributed by atoms with E-state index in [9.17, 15) is 14.9 Å². The fourth-order valence-electron chi connectivity index (χ4n) is 7.24. The van der Waals surface area contributed by atoms with Crippen LogP contribution in [0.25, 0.3) is 0 Å². The number of carbonyl (C=O) groups excluding carboxylic acids is 2. The van der Waals surface area contributed by atoms with Crippen molar-refractivity contribution >= 4 is 11.9 Å². The van der Waals surface area contributed by atoms with Crippen LogP contribution in [0.3, 0.4) is 0 Å². The number of carbonyl (C=O) groups is 2. The number of hydrogen-bond donors (Lipinski definition) is 1. The summed E-state index contributed by atoms with van der Waals surface area (Å²) in [6.07, 6.45) is 7.17. The summed E-state index contributed by atoms with van der Waals surface area (Å²) in [6.45, 7) is 6.14. The summed E-state index contributed by atoms with van der Waals surface area (Å²) < 4.78 is 5.70. The highest BCUT2D eigenvalue weighted by atomic mass is 16.5. The van der Waals surface area contributed by atoms with Gasteiger partial charge in [-0.25, -0.2) is 0 Å². The number of hydrogen-bond acceptors (Lipinski definition) is 4. The first kappa shape index (κ1) is 17.8.